The molecule has 0 aliphatic heterocycles. The number of nitriles is 1. The van der Waals surface area contributed by atoms with Crippen molar-refractivity contribution in [3.63, 3.8) is 0 Å². The van der Waals surface area contributed by atoms with Crippen molar-refractivity contribution in [1.82, 2.24) is 0 Å². The summed E-state index contributed by atoms with van der Waals surface area (Å²) in [5, 5.41) is 12.1. The second-order valence-electron chi connectivity index (χ2n) is 4.54. The number of nitrogens with one attached hydrogen (secondary N) is 1. The third-order valence-corrected chi connectivity index (χ3v) is 3.09. The molecule has 4 heteroatoms. The minimum Gasteiger partial charge on any atom is -0.379 e. The van der Waals surface area contributed by atoms with Crippen molar-refractivity contribution >= 4 is 11.6 Å². The summed E-state index contributed by atoms with van der Waals surface area (Å²) in [6.45, 7) is 2.03. The summed E-state index contributed by atoms with van der Waals surface area (Å²) in [7, 11) is 0. The SMILES string of the molecule is CC(Nc1ccc(C(N)=O)cc1)c1ccc(C#N)cc1. The molecule has 0 saturated heterocycles. The summed E-state index contributed by atoms with van der Waals surface area (Å²) in [5.74, 6) is -0.434. The van der Waals surface area contributed by atoms with E-state index in [0.717, 1.165) is 11.3 Å². The van der Waals surface area contributed by atoms with Crippen LogP contribution in [0.1, 0.15) is 34.5 Å². The van der Waals surface area contributed by atoms with E-state index in [0.29, 0.717) is 11.1 Å². The number of nitrogens with zero attached hydrogens (tertiary/aromatic N) is 1. The molecule has 1 unspecified atom stereocenters. The van der Waals surface area contributed by atoms with Gasteiger partial charge in [0.15, 0.2) is 0 Å². The summed E-state index contributed by atoms with van der Waals surface area (Å²) >= 11 is 0. The second-order valence-corrected chi connectivity index (χ2v) is 4.54. The normalized spacial score (nSPS) is 11.4. The van der Waals surface area contributed by atoms with Gasteiger partial charge >= 0.3 is 0 Å². The van der Waals surface area contributed by atoms with Crippen molar-refractivity contribution in [3.8, 4) is 6.07 Å². The zero-order valence-electron chi connectivity index (χ0n) is 11.1. The molecular formula is C16H15N3O. The Morgan fingerprint density at radius 2 is 1.75 bits per heavy atom. The van der Waals surface area contributed by atoms with E-state index in [1.807, 2.05) is 31.2 Å². The van der Waals surface area contributed by atoms with Gasteiger partial charge in [0.1, 0.15) is 0 Å². The van der Waals surface area contributed by atoms with Gasteiger partial charge in [-0.15, -0.1) is 0 Å². The van der Waals surface area contributed by atoms with E-state index in [1.54, 1.807) is 24.3 Å². The molecule has 100 valence electrons. The van der Waals surface area contributed by atoms with E-state index < -0.39 is 5.91 Å². The first-order valence-corrected chi connectivity index (χ1v) is 6.26. The van der Waals surface area contributed by atoms with E-state index in [-0.39, 0.29) is 6.04 Å². The second kappa shape index (κ2) is 5.89. The summed E-state index contributed by atoms with van der Waals surface area (Å²) < 4.78 is 0. The van der Waals surface area contributed by atoms with Crippen molar-refractivity contribution in [2.24, 2.45) is 5.73 Å². The molecule has 0 spiro atoms. The lowest BCUT2D eigenvalue weighted by Crippen LogP contribution is -2.11. The Kier molecular flexibility index (Phi) is 4.02. The maximum absolute atomic E-state index is 11.0. The minimum absolute atomic E-state index is 0.0992. The molecule has 2 aromatic rings. The van der Waals surface area contributed by atoms with Crippen molar-refractivity contribution < 1.29 is 4.79 Å². The average Bonchev–Trinajstić information content (AvgIpc) is 2.48. The Morgan fingerprint density at radius 1 is 1.15 bits per heavy atom. The lowest BCUT2D eigenvalue weighted by molar-refractivity contribution is 0.100. The first-order valence-electron chi connectivity index (χ1n) is 6.26. The molecular weight excluding hydrogens is 250 g/mol. The first-order chi connectivity index (χ1) is 9.60. The van der Waals surface area contributed by atoms with Gasteiger partial charge in [0, 0.05) is 17.3 Å². The third kappa shape index (κ3) is 3.15. The molecule has 1 atom stereocenters. The number of carbonyl (C=O) groups is 1. The number of anilines is 1. The van der Waals surface area contributed by atoms with Crippen molar-refractivity contribution in [2.75, 3.05) is 5.32 Å². The highest BCUT2D eigenvalue weighted by atomic mass is 16.1. The van der Waals surface area contributed by atoms with Gasteiger partial charge in [-0.25, -0.2) is 0 Å². The number of benzene rings is 2. The number of nitrogens with two attached hydrogens (primary N) is 1. The predicted octanol–water partition coefficient (Wildman–Crippen LogP) is 2.83. The topological polar surface area (TPSA) is 78.9 Å². The first kappa shape index (κ1) is 13.6. The van der Waals surface area contributed by atoms with Gasteiger partial charge in [-0.05, 0) is 48.9 Å². The quantitative estimate of drug-likeness (QED) is 0.892. The Bertz CT molecular complexity index is 639. The Labute approximate surface area is 117 Å². The molecule has 4 nitrogen and oxygen atoms in total. The van der Waals surface area contributed by atoms with Gasteiger partial charge in [-0.2, -0.15) is 5.26 Å². The maximum Gasteiger partial charge on any atom is 0.248 e. The summed E-state index contributed by atoms with van der Waals surface area (Å²) in [6, 6.07) is 16.7. The molecule has 3 N–H and O–H groups in total. The van der Waals surface area contributed by atoms with Crippen LogP contribution in [-0.4, -0.2) is 5.91 Å². The molecule has 0 aromatic heterocycles. The average molecular weight is 265 g/mol. The fourth-order valence-corrected chi connectivity index (χ4v) is 1.91. The summed E-state index contributed by atoms with van der Waals surface area (Å²) in [5.41, 5.74) is 8.33. The Morgan fingerprint density at radius 3 is 2.25 bits per heavy atom. The van der Waals surface area contributed by atoms with Crippen LogP contribution in [0.3, 0.4) is 0 Å². The van der Waals surface area contributed by atoms with E-state index in [2.05, 4.69) is 11.4 Å². The number of amides is 1. The van der Waals surface area contributed by atoms with Crippen LogP contribution in [0.15, 0.2) is 48.5 Å². The van der Waals surface area contributed by atoms with Crippen LogP contribution in [0.2, 0.25) is 0 Å². The smallest absolute Gasteiger partial charge is 0.248 e. The number of hydrogen-bond donors (Lipinski definition) is 2. The minimum atomic E-state index is -0.434. The van der Waals surface area contributed by atoms with Gasteiger partial charge in [-0.3, -0.25) is 4.79 Å². The van der Waals surface area contributed by atoms with Crippen molar-refractivity contribution in [1.29, 1.82) is 5.26 Å². The van der Waals surface area contributed by atoms with Gasteiger partial charge in [-0.1, -0.05) is 12.1 Å². The molecule has 1 amide bonds. The largest absolute Gasteiger partial charge is 0.379 e. The highest BCUT2D eigenvalue weighted by molar-refractivity contribution is 5.93. The fourth-order valence-electron chi connectivity index (χ4n) is 1.91. The van der Waals surface area contributed by atoms with Crippen LogP contribution in [0.5, 0.6) is 0 Å². The van der Waals surface area contributed by atoms with Crippen LogP contribution < -0.4 is 11.1 Å². The molecule has 0 heterocycles. The molecule has 0 bridgehead atoms. The number of carbonyl (C=O) groups excluding carboxylic acids is 1. The monoisotopic (exact) mass is 265 g/mol. The number of hydrogen-bond acceptors (Lipinski definition) is 3. The van der Waals surface area contributed by atoms with Gasteiger partial charge < -0.3 is 11.1 Å². The third-order valence-electron chi connectivity index (χ3n) is 3.09. The van der Waals surface area contributed by atoms with E-state index >= 15 is 0 Å². The Balaban J connectivity index is 2.08. The van der Waals surface area contributed by atoms with E-state index in [1.165, 1.54) is 0 Å². The summed E-state index contributed by atoms with van der Waals surface area (Å²) in [4.78, 5) is 11.0. The predicted molar refractivity (Wildman–Crippen MR) is 78.2 cm³/mol. The molecule has 0 fully saturated rings. The molecule has 0 radical (unpaired) electrons. The molecule has 0 aliphatic rings. The van der Waals surface area contributed by atoms with Crippen LogP contribution >= 0.6 is 0 Å². The van der Waals surface area contributed by atoms with E-state index in [9.17, 15) is 4.79 Å². The highest BCUT2D eigenvalue weighted by Crippen LogP contribution is 2.19. The molecule has 0 saturated carbocycles. The van der Waals surface area contributed by atoms with Crippen LogP contribution in [0, 0.1) is 11.3 Å². The number of primary amides is 1. The standard InChI is InChI=1S/C16H15N3O/c1-11(13-4-2-12(10-17)3-5-13)19-15-8-6-14(7-9-15)16(18)20/h2-9,11,19H,1H3,(H2,18,20). The van der Waals surface area contributed by atoms with Crippen LogP contribution in [-0.2, 0) is 0 Å². The molecule has 2 rings (SSSR count). The number of rotatable bonds is 4. The Hall–Kier alpha value is -2.80. The lowest BCUT2D eigenvalue weighted by Gasteiger charge is -2.16. The van der Waals surface area contributed by atoms with Gasteiger partial charge in [0.25, 0.3) is 0 Å². The molecule has 2 aromatic carbocycles. The van der Waals surface area contributed by atoms with Gasteiger partial charge in [0.2, 0.25) is 5.91 Å². The van der Waals surface area contributed by atoms with E-state index in [4.69, 9.17) is 11.0 Å². The van der Waals surface area contributed by atoms with Crippen LogP contribution in [0.25, 0.3) is 0 Å². The zero-order chi connectivity index (χ0) is 14.5. The van der Waals surface area contributed by atoms with Gasteiger partial charge in [0.05, 0.1) is 11.6 Å². The lowest BCUT2D eigenvalue weighted by atomic mass is 10.1. The summed E-state index contributed by atoms with van der Waals surface area (Å²) in [6.07, 6.45) is 0. The molecule has 20 heavy (non-hydrogen) atoms. The fraction of sp³-hybridized carbons (Fsp3) is 0.125. The van der Waals surface area contributed by atoms with Crippen LogP contribution in [0.4, 0.5) is 5.69 Å². The molecule has 0 aliphatic carbocycles. The van der Waals surface area contributed by atoms with Crippen molar-refractivity contribution in [3.05, 3.63) is 65.2 Å². The highest BCUT2D eigenvalue weighted by Gasteiger charge is 2.06. The zero-order valence-corrected chi connectivity index (χ0v) is 11.1. The van der Waals surface area contributed by atoms with Crippen molar-refractivity contribution in [2.45, 2.75) is 13.0 Å². The maximum atomic E-state index is 11.0.